The first kappa shape index (κ1) is 20.5. The highest BCUT2D eigenvalue weighted by Gasteiger charge is 2.71. The molecule has 2 heterocycles. The predicted octanol–water partition coefficient (Wildman–Crippen LogP) is 2.01. The lowest BCUT2D eigenvalue weighted by molar-refractivity contribution is -0.184. The Morgan fingerprint density at radius 3 is 2.65 bits per heavy atom. The number of hydrogen-bond donors (Lipinski definition) is 1. The van der Waals surface area contributed by atoms with Crippen LogP contribution in [0.25, 0.3) is 0 Å². The number of nitrogens with zero attached hydrogens (tertiary/aromatic N) is 4. The van der Waals surface area contributed by atoms with Crippen LogP contribution in [0.5, 0.6) is 0 Å². The zero-order chi connectivity index (χ0) is 22.2. The topological polar surface area (TPSA) is 87.9 Å². The molecule has 1 aromatic carbocycles. The van der Waals surface area contributed by atoms with Gasteiger partial charge in [-0.25, -0.2) is 4.79 Å². The zero-order valence-electron chi connectivity index (χ0n) is 18.5. The van der Waals surface area contributed by atoms with E-state index in [1.165, 1.54) is 4.90 Å². The number of urea groups is 1. The van der Waals surface area contributed by atoms with E-state index in [-0.39, 0.29) is 18.0 Å². The minimum atomic E-state index is -0.991. The molecule has 7 heteroatoms. The van der Waals surface area contributed by atoms with Crippen molar-refractivity contribution in [2.75, 3.05) is 26.7 Å². The van der Waals surface area contributed by atoms with Crippen molar-refractivity contribution in [1.82, 2.24) is 14.7 Å². The molecule has 2 aliphatic heterocycles. The van der Waals surface area contributed by atoms with Gasteiger partial charge < -0.3 is 14.9 Å². The second kappa shape index (κ2) is 6.54. The van der Waals surface area contributed by atoms with Crippen molar-refractivity contribution in [2.24, 2.45) is 0 Å². The molecule has 0 aromatic heterocycles. The number of piperidine rings is 1. The molecule has 2 bridgehead atoms. The molecule has 4 aliphatic rings. The van der Waals surface area contributed by atoms with Crippen LogP contribution in [0.2, 0.25) is 0 Å². The lowest BCUT2D eigenvalue weighted by atomic mass is 9.46. The molecule has 3 fully saturated rings. The minimum absolute atomic E-state index is 0.0383. The van der Waals surface area contributed by atoms with Crippen molar-refractivity contribution in [3.8, 4) is 6.07 Å². The largest absolute Gasteiger partial charge is 0.387 e. The van der Waals surface area contributed by atoms with Crippen molar-refractivity contribution in [3.05, 3.63) is 34.9 Å². The number of rotatable bonds is 2. The van der Waals surface area contributed by atoms with Gasteiger partial charge in [-0.2, -0.15) is 5.26 Å². The van der Waals surface area contributed by atoms with E-state index in [0.29, 0.717) is 44.3 Å². The summed E-state index contributed by atoms with van der Waals surface area (Å²) >= 11 is 0. The average Bonchev–Trinajstić information content (AvgIpc) is 2.96. The highest BCUT2D eigenvalue weighted by molar-refractivity contribution is 6.07. The molecule has 1 saturated carbocycles. The first-order valence-electron chi connectivity index (χ1n) is 11.4. The molecule has 1 spiro atoms. The second-order valence-corrected chi connectivity index (χ2v) is 9.73. The number of fused-ring (bicyclic) bond motifs is 1. The van der Waals surface area contributed by atoms with E-state index in [1.54, 1.807) is 4.90 Å². The predicted molar refractivity (Wildman–Crippen MR) is 114 cm³/mol. The Bertz CT molecular complexity index is 1020. The van der Waals surface area contributed by atoms with Crippen molar-refractivity contribution in [2.45, 2.75) is 68.5 Å². The number of carbonyl (C=O) groups is 2. The van der Waals surface area contributed by atoms with E-state index in [2.05, 4.69) is 18.0 Å². The quantitative estimate of drug-likeness (QED) is 0.737. The van der Waals surface area contributed by atoms with Gasteiger partial charge in [0.15, 0.2) is 0 Å². The van der Waals surface area contributed by atoms with Crippen LogP contribution in [0.1, 0.15) is 56.2 Å². The van der Waals surface area contributed by atoms with Gasteiger partial charge in [0.25, 0.3) is 5.91 Å². The van der Waals surface area contributed by atoms with Crippen LogP contribution in [-0.4, -0.2) is 75.6 Å². The summed E-state index contributed by atoms with van der Waals surface area (Å²) in [6, 6.07) is 7.77. The molecular weight excluding hydrogens is 392 g/mol. The summed E-state index contributed by atoms with van der Waals surface area (Å²) in [5, 5.41) is 21.8. The maximum atomic E-state index is 13.6. The number of imide groups is 1. The number of nitriles is 1. The summed E-state index contributed by atoms with van der Waals surface area (Å²) in [7, 11) is 2.06. The summed E-state index contributed by atoms with van der Waals surface area (Å²) in [5.74, 6) is -0.127. The molecule has 5 rings (SSSR count). The third-order valence-electron chi connectivity index (χ3n) is 8.74. The smallest absolute Gasteiger partial charge is 0.327 e. The van der Waals surface area contributed by atoms with Gasteiger partial charge in [-0.1, -0.05) is 6.07 Å². The molecule has 1 aromatic rings. The van der Waals surface area contributed by atoms with E-state index in [0.717, 1.165) is 24.1 Å². The SMILES string of the molecule is CCN1C(=O)N(CC)[C@]2(CC[C@@]3(O)[C@H]4Cc5ccc(C#N)cc5C3(CCN4C)C2)C1=O. The molecule has 1 N–H and O–H groups in total. The van der Waals surface area contributed by atoms with Crippen LogP contribution < -0.4 is 0 Å². The van der Waals surface area contributed by atoms with Crippen LogP contribution >= 0.6 is 0 Å². The van der Waals surface area contributed by atoms with Gasteiger partial charge in [-0.05, 0) is 82.8 Å². The molecule has 1 unspecified atom stereocenters. The lowest BCUT2D eigenvalue weighted by Crippen LogP contribution is -2.76. The Labute approximate surface area is 183 Å². The highest BCUT2D eigenvalue weighted by atomic mass is 16.3. The number of carbonyl (C=O) groups excluding carboxylic acids is 2. The number of hydrogen-bond acceptors (Lipinski definition) is 5. The molecule has 164 valence electrons. The summed E-state index contributed by atoms with van der Waals surface area (Å²) < 4.78 is 0. The lowest BCUT2D eigenvalue weighted by Gasteiger charge is -2.66. The molecule has 2 saturated heterocycles. The van der Waals surface area contributed by atoms with E-state index in [9.17, 15) is 20.0 Å². The van der Waals surface area contributed by atoms with Gasteiger partial charge in [0, 0.05) is 24.5 Å². The van der Waals surface area contributed by atoms with Gasteiger partial charge in [0.05, 0.1) is 17.2 Å². The number of likely N-dealkylation sites (N-methyl/N-ethyl adjacent to an activating group) is 3. The van der Waals surface area contributed by atoms with Gasteiger partial charge in [0.1, 0.15) is 5.54 Å². The maximum Gasteiger partial charge on any atom is 0.327 e. The standard InChI is InChI=1S/C24H30N4O3/c1-4-27-20(29)23(28(5-2)21(27)30)8-9-24(31)19-13-17-7-6-16(14-25)12-18(17)22(24,15-23)10-11-26(19)3/h6-7,12,19,31H,4-5,8-11,13,15H2,1-3H3/t19-,22?,23+,24-/m1/s1. The summed E-state index contributed by atoms with van der Waals surface area (Å²) in [6.07, 6.45) is 2.78. The maximum absolute atomic E-state index is 13.6. The van der Waals surface area contributed by atoms with Crippen molar-refractivity contribution in [3.63, 3.8) is 0 Å². The number of amides is 3. The zero-order valence-corrected chi connectivity index (χ0v) is 18.5. The third kappa shape index (κ3) is 2.30. The average molecular weight is 423 g/mol. The van der Waals surface area contributed by atoms with Gasteiger partial charge in [-0.15, -0.1) is 0 Å². The molecular formula is C24H30N4O3. The number of aliphatic hydroxyl groups is 1. The van der Waals surface area contributed by atoms with Gasteiger partial charge >= 0.3 is 6.03 Å². The molecule has 4 atom stereocenters. The van der Waals surface area contributed by atoms with Crippen LogP contribution in [0, 0.1) is 11.3 Å². The molecule has 31 heavy (non-hydrogen) atoms. The Morgan fingerprint density at radius 1 is 1.19 bits per heavy atom. The van der Waals surface area contributed by atoms with Crippen molar-refractivity contribution < 1.29 is 14.7 Å². The summed E-state index contributed by atoms with van der Waals surface area (Å²) in [6.45, 7) is 5.38. The van der Waals surface area contributed by atoms with Gasteiger partial charge in [0.2, 0.25) is 0 Å². The van der Waals surface area contributed by atoms with E-state index >= 15 is 0 Å². The van der Waals surface area contributed by atoms with E-state index in [1.807, 2.05) is 32.0 Å². The van der Waals surface area contributed by atoms with Crippen molar-refractivity contribution in [1.29, 1.82) is 5.26 Å². The van der Waals surface area contributed by atoms with Crippen LogP contribution in [0.15, 0.2) is 18.2 Å². The Morgan fingerprint density at radius 2 is 1.97 bits per heavy atom. The number of benzene rings is 1. The Kier molecular flexibility index (Phi) is 4.32. The fraction of sp³-hybridized carbons (Fsp3) is 0.625. The second-order valence-electron chi connectivity index (χ2n) is 9.73. The van der Waals surface area contributed by atoms with Crippen LogP contribution in [0.3, 0.4) is 0 Å². The number of likely N-dealkylation sites (tertiary alicyclic amines) is 1. The molecule has 7 nitrogen and oxygen atoms in total. The first-order chi connectivity index (χ1) is 14.8. The fourth-order valence-electron chi connectivity index (χ4n) is 7.23. The molecule has 3 amide bonds. The normalized spacial score (nSPS) is 37.1. The van der Waals surface area contributed by atoms with Gasteiger partial charge in [-0.3, -0.25) is 9.69 Å². The third-order valence-corrected chi connectivity index (χ3v) is 8.74. The molecule has 2 aliphatic carbocycles. The minimum Gasteiger partial charge on any atom is -0.387 e. The highest BCUT2D eigenvalue weighted by Crippen LogP contribution is 2.61. The molecule has 0 radical (unpaired) electrons. The summed E-state index contributed by atoms with van der Waals surface area (Å²) in [4.78, 5) is 32.1. The summed E-state index contributed by atoms with van der Waals surface area (Å²) in [5.41, 5.74) is 0.147. The Hall–Kier alpha value is -2.43. The monoisotopic (exact) mass is 422 g/mol. The van der Waals surface area contributed by atoms with Crippen LogP contribution in [-0.2, 0) is 16.6 Å². The fourth-order valence-corrected chi connectivity index (χ4v) is 7.23. The Balaban J connectivity index is 1.73. The van der Waals surface area contributed by atoms with Crippen molar-refractivity contribution >= 4 is 11.9 Å². The first-order valence-corrected chi connectivity index (χ1v) is 11.4. The van der Waals surface area contributed by atoms with E-state index < -0.39 is 16.6 Å². The van der Waals surface area contributed by atoms with Crippen LogP contribution in [0.4, 0.5) is 4.79 Å². The van der Waals surface area contributed by atoms with E-state index in [4.69, 9.17) is 0 Å².